The van der Waals surface area contributed by atoms with Crippen LogP contribution in [-0.2, 0) is 14.4 Å². The number of carboxylic acid groups (broad SMARTS) is 1. The van der Waals surface area contributed by atoms with E-state index in [0.717, 1.165) is 11.3 Å². The van der Waals surface area contributed by atoms with Gasteiger partial charge in [-0.25, -0.2) is 0 Å². The SMILES string of the molecule is CN(C)c1ccc(/C=C/C(=O)N[C@@H]2C(=O)N3[C@@H]2SC(C)(C)[C@@H]3C(=O)[O-])cc1.[Na+]. The van der Waals surface area contributed by atoms with Crippen molar-refractivity contribution in [3.8, 4) is 0 Å². The maximum absolute atomic E-state index is 12.3. The number of thioether (sulfide) groups is 1. The van der Waals surface area contributed by atoms with Crippen molar-refractivity contribution >= 4 is 41.3 Å². The Morgan fingerprint density at radius 1 is 1.25 bits per heavy atom. The Balaban J connectivity index is 0.00000280. The van der Waals surface area contributed by atoms with Gasteiger partial charge in [-0.05, 0) is 37.6 Å². The number of β-lactam (4-membered cyclic amide) rings is 1. The summed E-state index contributed by atoms with van der Waals surface area (Å²) in [6.07, 6.45) is 3.05. The molecule has 7 nitrogen and oxygen atoms in total. The smallest absolute Gasteiger partial charge is 0.548 e. The molecular formula is C19H22N3NaO4S. The van der Waals surface area contributed by atoms with E-state index in [1.54, 1.807) is 19.9 Å². The van der Waals surface area contributed by atoms with Crippen LogP contribution in [0.25, 0.3) is 6.08 Å². The number of amides is 2. The van der Waals surface area contributed by atoms with E-state index in [1.807, 2.05) is 43.3 Å². The summed E-state index contributed by atoms with van der Waals surface area (Å²) < 4.78 is -0.664. The summed E-state index contributed by atoms with van der Waals surface area (Å²) in [7, 11) is 3.90. The van der Waals surface area contributed by atoms with Crippen LogP contribution in [0.4, 0.5) is 5.69 Å². The first kappa shape index (κ1) is 22.8. The van der Waals surface area contributed by atoms with Crippen molar-refractivity contribution in [3.63, 3.8) is 0 Å². The van der Waals surface area contributed by atoms with Gasteiger partial charge in [0, 0.05) is 30.6 Å². The van der Waals surface area contributed by atoms with Crippen molar-refractivity contribution in [1.29, 1.82) is 0 Å². The Bertz CT molecular complexity index is 810. The fraction of sp³-hybridized carbons (Fsp3) is 0.421. The van der Waals surface area contributed by atoms with Crippen LogP contribution in [0.5, 0.6) is 0 Å². The van der Waals surface area contributed by atoms with Gasteiger partial charge in [0.1, 0.15) is 11.4 Å². The number of fused-ring (bicyclic) bond motifs is 1. The van der Waals surface area contributed by atoms with Crippen LogP contribution >= 0.6 is 11.8 Å². The van der Waals surface area contributed by atoms with E-state index in [0.29, 0.717) is 0 Å². The third kappa shape index (κ3) is 4.25. The average molecular weight is 411 g/mol. The molecule has 9 heteroatoms. The van der Waals surface area contributed by atoms with E-state index >= 15 is 0 Å². The summed E-state index contributed by atoms with van der Waals surface area (Å²) in [6.45, 7) is 3.53. The van der Waals surface area contributed by atoms with Gasteiger partial charge in [0.15, 0.2) is 0 Å². The van der Waals surface area contributed by atoms with Gasteiger partial charge in [-0.1, -0.05) is 12.1 Å². The number of nitrogens with one attached hydrogen (secondary N) is 1. The van der Waals surface area contributed by atoms with Crippen LogP contribution in [0.15, 0.2) is 30.3 Å². The van der Waals surface area contributed by atoms with Gasteiger partial charge in [-0.2, -0.15) is 0 Å². The molecule has 1 N–H and O–H groups in total. The van der Waals surface area contributed by atoms with E-state index in [9.17, 15) is 19.5 Å². The normalized spacial score (nSPS) is 24.9. The van der Waals surface area contributed by atoms with E-state index < -0.39 is 22.8 Å². The third-order valence-corrected chi connectivity index (χ3v) is 6.37. The van der Waals surface area contributed by atoms with Gasteiger partial charge in [0.05, 0.1) is 12.0 Å². The molecule has 0 spiro atoms. The molecule has 2 saturated heterocycles. The average Bonchev–Trinajstić information content (AvgIpc) is 2.86. The van der Waals surface area contributed by atoms with Crippen LogP contribution in [0.3, 0.4) is 0 Å². The van der Waals surface area contributed by atoms with Crippen molar-refractivity contribution in [3.05, 3.63) is 35.9 Å². The zero-order valence-electron chi connectivity index (χ0n) is 16.6. The van der Waals surface area contributed by atoms with Gasteiger partial charge in [0.25, 0.3) is 0 Å². The Hall–Kier alpha value is -1.48. The number of anilines is 1. The van der Waals surface area contributed by atoms with Gasteiger partial charge in [-0.15, -0.1) is 11.8 Å². The first-order valence-electron chi connectivity index (χ1n) is 8.58. The number of rotatable bonds is 5. The monoisotopic (exact) mass is 411 g/mol. The second-order valence-electron chi connectivity index (χ2n) is 7.38. The molecule has 1 aromatic rings. The molecule has 1 aromatic carbocycles. The summed E-state index contributed by atoms with van der Waals surface area (Å²) in [4.78, 5) is 39.2. The number of hydrogen-bond acceptors (Lipinski definition) is 6. The number of benzene rings is 1. The maximum atomic E-state index is 12.3. The fourth-order valence-electron chi connectivity index (χ4n) is 3.38. The number of aliphatic carboxylic acids is 1. The first-order chi connectivity index (χ1) is 12.6. The minimum atomic E-state index is -1.27. The topological polar surface area (TPSA) is 92.8 Å². The molecule has 0 aromatic heterocycles. The molecule has 2 amide bonds. The molecule has 2 aliphatic rings. The first-order valence-corrected chi connectivity index (χ1v) is 9.46. The molecule has 144 valence electrons. The second-order valence-corrected chi connectivity index (χ2v) is 9.16. The van der Waals surface area contributed by atoms with Crippen molar-refractivity contribution in [2.75, 3.05) is 19.0 Å². The van der Waals surface area contributed by atoms with E-state index in [4.69, 9.17) is 0 Å². The van der Waals surface area contributed by atoms with E-state index in [1.165, 1.54) is 22.7 Å². The molecule has 3 rings (SSSR count). The molecule has 2 heterocycles. The van der Waals surface area contributed by atoms with Crippen molar-refractivity contribution in [1.82, 2.24) is 10.2 Å². The van der Waals surface area contributed by atoms with Crippen LogP contribution in [0.1, 0.15) is 19.4 Å². The summed E-state index contributed by atoms with van der Waals surface area (Å²) >= 11 is 1.37. The molecule has 2 aliphatic heterocycles. The third-order valence-electron chi connectivity index (χ3n) is 4.80. The summed E-state index contributed by atoms with van der Waals surface area (Å²) in [5.74, 6) is -2.04. The van der Waals surface area contributed by atoms with Crippen molar-refractivity contribution < 1.29 is 49.0 Å². The second kappa shape index (κ2) is 8.49. The predicted octanol–water partition coefficient (Wildman–Crippen LogP) is -2.93. The van der Waals surface area contributed by atoms with Crippen LogP contribution in [0, 0.1) is 0 Å². The largest absolute Gasteiger partial charge is 1.00 e. The van der Waals surface area contributed by atoms with Gasteiger partial charge in [-0.3, -0.25) is 9.59 Å². The Morgan fingerprint density at radius 3 is 2.39 bits per heavy atom. The quantitative estimate of drug-likeness (QED) is 0.317. The number of hydrogen-bond donors (Lipinski definition) is 1. The molecule has 0 aliphatic carbocycles. The Morgan fingerprint density at radius 2 is 1.86 bits per heavy atom. The van der Waals surface area contributed by atoms with E-state index in [-0.39, 0.29) is 46.7 Å². The Kier molecular flexibility index (Phi) is 6.91. The minimum Gasteiger partial charge on any atom is -0.548 e. The maximum Gasteiger partial charge on any atom is 1.00 e. The van der Waals surface area contributed by atoms with Gasteiger partial charge >= 0.3 is 29.6 Å². The number of carbonyl (C=O) groups excluding carboxylic acids is 3. The van der Waals surface area contributed by atoms with Crippen LogP contribution in [0.2, 0.25) is 0 Å². The number of carboxylic acids is 1. The summed E-state index contributed by atoms with van der Waals surface area (Å²) in [5.41, 5.74) is 1.92. The Labute approximate surface area is 190 Å². The molecule has 0 bridgehead atoms. The summed E-state index contributed by atoms with van der Waals surface area (Å²) in [6, 6.07) is 5.99. The molecule has 0 saturated carbocycles. The van der Waals surface area contributed by atoms with Crippen LogP contribution in [-0.4, -0.2) is 59.0 Å². The van der Waals surface area contributed by atoms with Gasteiger partial charge in [0.2, 0.25) is 11.8 Å². The minimum absolute atomic E-state index is 0. The molecule has 2 fully saturated rings. The van der Waals surface area contributed by atoms with Crippen molar-refractivity contribution in [2.24, 2.45) is 0 Å². The zero-order chi connectivity index (χ0) is 19.9. The predicted molar refractivity (Wildman–Crippen MR) is 103 cm³/mol. The number of carbonyl (C=O) groups is 3. The van der Waals surface area contributed by atoms with Crippen LogP contribution < -0.4 is 44.9 Å². The molecule has 28 heavy (non-hydrogen) atoms. The van der Waals surface area contributed by atoms with Gasteiger partial charge < -0.3 is 25.0 Å². The zero-order valence-corrected chi connectivity index (χ0v) is 19.4. The fourth-order valence-corrected chi connectivity index (χ4v) is 5.00. The molecule has 3 atom stereocenters. The van der Waals surface area contributed by atoms with E-state index in [2.05, 4.69) is 5.32 Å². The molecular weight excluding hydrogens is 389 g/mol. The molecule has 0 radical (unpaired) electrons. The van der Waals surface area contributed by atoms with Crippen molar-refractivity contribution in [2.45, 2.75) is 36.1 Å². The standard InChI is InChI=1S/C19H23N3O4S.Na/c1-19(2)15(18(25)26)22-16(24)14(17(22)27-19)20-13(23)10-7-11-5-8-12(9-6-11)21(3)4;/h5-10,14-15,17H,1-4H3,(H,20,23)(H,25,26);/q;+1/p-1/b10-7+;/t14-,15+,17-;/m1./s1. The number of nitrogens with zero attached hydrogens (tertiary/aromatic N) is 2. The summed E-state index contributed by atoms with van der Waals surface area (Å²) in [5, 5.41) is 13.7. The molecule has 0 unspecified atom stereocenters.